The zero-order valence-corrected chi connectivity index (χ0v) is 13.0. The molecule has 0 amide bonds. The minimum Gasteiger partial charge on any atom is -0.297 e. The van der Waals surface area contributed by atoms with Crippen molar-refractivity contribution in [1.29, 1.82) is 0 Å². The number of alkyl halides is 2. The first-order valence-electron chi connectivity index (χ1n) is 6.30. The Labute approximate surface area is 128 Å². The van der Waals surface area contributed by atoms with Crippen LogP contribution in [0.4, 0.5) is 0 Å². The highest BCUT2D eigenvalue weighted by atomic mass is 35.5. The second kappa shape index (κ2) is 7.91. The second-order valence-electron chi connectivity index (χ2n) is 4.33. The number of benzene rings is 1. The molecule has 19 heavy (non-hydrogen) atoms. The van der Waals surface area contributed by atoms with E-state index in [2.05, 4.69) is 46.7 Å². The largest absolute Gasteiger partial charge is 0.297 e. The predicted molar refractivity (Wildman–Crippen MR) is 86.5 cm³/mol. The van der Waals surface area contributed by atoms with Crippen LogP contribution in [0.2, 0.25) is 0 Å². The molecule has 0 atom stereocenters. The number of nitrogens with zero attached hydrogens (tertiary/aromatic N) is 1. The van der Waals surface area contributed by atoms with Gasteiger partial charge in [-0.3, -0.25) is 4.90 Å². The molecule has 0 unspecified atom stereocenters. The number of hydrogen-bond donors (Lipinski definition) is 0. The minimum absolute atomic E-state index is 0.643. The summed E-state index contributed by atoms with van der Waals surface area (Å²) in [5.74, 6) is 1.29. The maximum absolute atomic E-state index is 5.81. The van der Waals surface area contributed by atoms with Crippen LogP contribution in [0.3, 0.4) is 0 Å². The monoisotopic (exact) mass is 313 g/mol. The van der Waals surface area contributed by atoms with E-state index < -0.39 is 0 Å². The van der Waals surface area contributed by atoms with Crippen LogP contribution < -0.4 is 0 Å². The molecule has 0 bridgehead atoms. The zero-order valence-electron chi connectivity index (χ0n) is 10.7. The van der Waals surface area contributed by atoms with Crippen LogP contribution in [0.15, 0.2) is 41.8 Å². The van der Waals surface area contributed by atoms with Crippen molar-refractivity contribution in [2.24, 2.45) is 0 Å². The molecule has 0 spiro atoms. The molecule has 0 N–H and O–H groups in total. The number of halogens is 2. The molecule has 0 saturated carbocycles. The molecule has 102 valence electrons. The van der Waals surface area contributed by atoms with E-state index in [-0.39, 0.29) is 0 Å². The third kappa shape index (κ3) is 4.50. The summed E-state index contributed by atoms with van der Waals surface area (Å²) >= 11 is 13.4. The summed E-state index contributed by atoms with van der Waals surface area (Å²) in [6.45, 7) is 2.66. The topological polar surface area (TPSA) is 3.24 Å². The third-order valence-corrected chi connectivity index (χ3v) is 4.22. The maximum atomic E-state index is 5.81. The quantitative estimate of drug-likeness (QED) is 0.670. The number of thiophene rings is 1. The summed E-state index contributed by atoms with van der Waals surface area (Å²) in [7, 11) is 0. The van der Waals surface area contributed by atoms with Crippen LogP contribution >= 0.6 is 34.5 Å². The first-order valence-corrected chi connectivity index (χ1v) is 8.25. The first kappa shape index (κ1) is 14.9. The lowest BCUT2D eigenvalue weighted by molar-refractivity contribution is 0.299. The van der Waals surface area contributed by atoms with Crippen molar-refractivity contribution in [1.82, 2.24) is 4.90 Å². The first-order chi connectivity index (χ1) is 9.33. The van der Waals surface area contributed by atoms with Crippen molar-refractivity contribution < 1.29 is 0 Å². The van der Waals surface area contributed by atoms with Crippen molar-refractivity contribution in [3.05, 3.63) is 47.3 Å². The standard InChI is InChI=1S/C15H17Cl2NS/c16-7-9-18(10-8-17)12-13-3-5-14(6-4-13)15-2-1-11-19-15/h1-6,11H,7-10,12H2. The van der Waals surface area contributed by atoms with Gasteiger partial charge in [0.2, 0.25) is 0 Å². The number of rotatable bonds is 7. The molecule has 1 heterocycles. The lowest BCUT2D eigenvalue weighted by Gasteiger charge is -2.20. The molecule has 0 aliphatic heterocycles. The van der Waals surface area contributed by atoms with Crippen LogP contribution in [0, 0.1) is 0 Å². The normalized spacial score (nSPS) is 11.1. The van der Waals surface area contributed by atoms with E-state index in [0.717, 1.165) is 19.6 Å². The van der Waals surface area contributed by atoms with Crippen LogP contribution in [-0.4, -0.2) is 29.7 Å². The highest BCUT2D eigenvalue weighted by Crippen LogP contribution is 2.24. The Morgan fingerprint density at radius 3 is 2.16 bits per heavy atom. The fourth-order valence-corrected chi connectivity index (χ4v) is 3.20. The number of hydrogen-bond acceptors (Lipinski definition) is 2. The van der Waals surface area contributed by atoms with Gasteiger partial charge in [-0.15, -0.1) is 34.5 Å². The molecule has 1 aromatic carbocycles. The van der Waals surface area contributed by atoms with Gasteiger partial charge in [-0.25, -0.2) is 0 Å². The summed E-state index contributed by atoms with van der Waals surface area (Å²) < 4.78 is 0. The fourth-order valence-electron chi connectivity index (χ4n) is 1.98. The Balaban J connectivity index is 2.01. The van der Waals surface area contributed by atoms with E-state index in [1.807, 2.05) is 0 Å². The van der Waals surface area contributed by atoms with Crippen LogP contribution in [-0.2, 0) is 6.54 Å². The summed E-state index contributed by atoms with van der Waals surface area (Å²) in [5.41, 5.74) is 2.58. The Bertz CT molecular complexity index is 461. The molecule has 1 nitrogen and oxygen atoms in total. The molecule has 0 fully saturated rings. The van der Waals surface area contributed by atoms with Gasteiger partial charge in [0.05, 0.1) is 0 Å². The van der Waals surface area contributed by atoms with Gasteiger partial charge in [0.25, 0.3) is 0 Å². The lowest BCUT2D eigenvalue weighted by Crippen LogP contribution is -2.27. The molecule has 2 rings (SSSR count). The van der Waals surface area contributed by atoms with E-state index in [4.69, 9.17) is 23.2 Å². The van der Waals surface area contributed by atoms with Gasteiger partial charge in [0, 0.05) is 36.3 Å². The van der Waals surface area contributed by atoms with Gasteiger partial charge in [0.1, 0.15) is 0 Å². The van der Waals surface area contributed by atoms with E-state index in [9.17, 15) is 0 Å². The van der Waals surface area contributed by atoms with Gasteiger partial charge in [0.15, 0.2) is 0 Å². The van der Waals surface area contributed by atoms with Crippen molar-refractivity contribution >= 4 is 34.5 Å². The SMILES string of the molecule is ClCCN(CCCl)Cc1ccc(-c2cccs2)cc1. The average Bonchev–Trinajstić information content (AvgIpc) is 2.94. The van der Waals surface area contributed by atoms with Gasteiger partial charge in [-0.1, -0.05) is 30.3 Å². The van der Waals surface area contributed by atoms with Gasteiger partial charge < -0.3 is 0 Å². The summed E-state index contributed by atoms with van der Waals surface area (Å²) in [5, 5.41) is 2.10. The van der Waals surface area contributed by atoms with Gasteiger partial charge in [-0.05, 0) is 22.6 Å². The van der Waals surface area contributed by atoms with E-state index >= 15 is 0 Å². The van der Waals surface area contributed by atoms with Crippen LogP contribution in [0.25, 0.3) is 10.4 Å². The van der Waals surface area contributed by atoms with E-state index in [0.29, 0.717) is 11.8 Å². The maximum Gasteiger partial charge on any atom is 0.0351 e. The summed E-state index contributed by atoms with van der Waals surface area (Å²) in [6.07, 6.45) is 0. The third-order valence-electron chi connectivity index (χ3n) is 2.97. The minimum atomic E-state index is 0.643. The molecule has 0 radical (unpaired) electrons. The predicted octanol–water partition coefficient (Wildman–Crippen LogP) is 4.69. The van der Waals surface area contributed by atoms with Crippen molar-refractivity contribution in [3.8, 4) is 10.4 Å². The zero-order chi connectivity index (χ0) is 13.5. The summed E-state index contributed by atoms with van der Waals surface area (Å²) in [4.78, 5) is 3.59. The molecule has 4 heteroatoms. The molecule has 0 saturated heterocycles. The molecular formula is C15H17Cl2NS. The highest BCUT2D eigenvalue weighted by Gasteiger charge is 2.05. The molecule has 0 aliphatic rings. The Kier molecular flexibility index (Phi) is 6.18. The van der Waals surface area contributed by atoms with Crippen molar-refractivity contribution in [3.63, 3.8) is 0 Å². The van der Waals surface area contributed by atoms with Gasteiger partial charge >= 0.3 is 0 Å². The van der Waals surface area contributed by atoms with Crippen molar-refractivity contribution in [2.45, 2.75) is 6.54 Å². The second-order valence-corrected chi connectivity index (χ2v) is 6.03. The van der Waals surface area contributed by atoms with E-state index in [1.54, 1.807) is 11.3 Å². The smallest absolute Gasteiger partial charge is 0.0351 e. The molecule has 0 aliphatic carbocycles. The fraction of sp³-hybridized carbons (Fsp3) is 0.333. The Morgan fingerprint density at radius 2 is 1.63 bits per heavy atom. The lowest BCUT2D eigenvalue weighted by atomic mass is 10.1. The highest BCUT2D eigenvalue weighted by molar-refractivity contribution is 7.13. The summed E-state index contributed by atoms with van der Waals surface area (Å²) in [6, 6.07) is 13.0. The molecular weight excluding hydrogens is 297 g/mol. The van der Waals surface area contributed by atoms with Gasteiger partial charge in [-0.2, -0.15) is 0 Å². The van der Waals surface area contributed by atoms with Crippen LogP contribution in [0.1, 0.15) is 5.56 Å². The van der Waals surface area contributed by atoms with Crippen LogP contribution in [0.5, 0.6) is 0 Å². The average molecular weight is 314 g/mol. The molecule has 2 aromatic rings. The van der Waals surface area contributed by atoms with E-state index in [1.165, 1.54) is 16.0 Å². The Hall–Kier alpha value is -0.540. The van der Waals surface area contributed by atoms with Crippen molar-refractivity contribution in [2.75, 3.05) is 24.8 Å². The molecule has 1 aromatic heterocycles. The Morgan fingerprint density at radius 1 is 0.947 bits per heavy atom.